The summed E-state index contributed by atoms with van der Waals surface area (Å²) in [4.78, 5) is 33.1. The van der Waals surface area contributed by atoms with Crippen LogP contribution in [0.3, 0.4) is 0 Å². The van der Waals surface area contributed by atoms with Crippen molar-refractivity contribution in [2.45, 2.75) is 5.75 Å². The number of furan rings is 1. The van der Waals surface area contributed by atoms with Crippen molar-refractivity contribution in [1.82, 2.24) is 0 Å². The van der Waals surface area contributed by atoms with Gasteiger partial charge in [0.2, 0.25) is 11.7 Å². The zero-order chi connectivity index (χ0) is 19.3. The molecule has 138 valence electrons. The molecule has 0 aliphatic rings. The minimum Gasteiger partial charge on any atom is -0.496 e. The second-order valence-electron chi connectivity index (χ2n) is 4.99. The summed E-state index contributed by atoms with van der Waals surface area (Å²) < 4.78 is 21.9. The molecule has 0 radical (unpaired) electrons. The maximum absolute atomic E-state index is 12.0. The van der Waals surface area contributed by atoms with Crippen molar-refractivity contribution in [2.24, 2.45) is 0 Å². The van der Waals surface area contributed by atoms with Crippen LogP contribution >= 0.6 is 0 Å². The largest absolute Gasteiger partial charge is 0.496 e. The van der Waals surface area contributed by atoms with Crippen molar-refractivity contribution in [3.05, 3.63) is 52.0 Å². The summed E-state index contributed by atoms with van der Waals surface area (Å²) in [6.07, 6.45) is 0. The highest BCUT2D eigenvalue weighted by atomic mass is 32.2. The number of carboxylic acid groups (broad SMARTS) is 1. The van der Waals surface area contributed by atoms with Gasteiger partial charge in [0.1, 0.15) is 22.9 Å². The number of aromatic carboxylic acids is 1. The van der Waals surface area contributed by atoms with Gasteiger partial charge in [0, 0.05) is 10.8 Å². The van der Waals surface area contributed by atoms with Crippen molar-refractivity contribution in [3.8, 4) is 5.75 Å². The fraction of sp³-hybridized carbons (Fsp3) is 0.200. The van der Waals surface area contributed by atoms with E-state index in [2.05, 4.69) is 5.32 Å². The zero-order valence-corrected chi connectivity index (χ0v) is 14.3. The van der Waals surface area contributed by atoms with E-state index in [4.69, 9.17) is 14.3 Å². The number of amides is 1. The van der Waals surface area contributed by atoms with Gasteiger partial charge in [0.05, 0.1) is 23.9 Å². The standard InChI is InChI=1S/C15H14N2O8S/c1-24-9-2-4-11(12(6-9)17(21)22)16-14(18)8-26(23)7-10-3-5-13(25-10)15(19)20/h2-6H,7-8H2,1H3,(H,16,18)(H,19,20). The molecule has 0 spiro atoms. The first kappa shape index (κ1) is 19.1. The Morgan fingerprint density at radius 2 is 2.08 bits per heavy atom. The van der Waals surface area contributed by atoms with Crippen molar-refractivity contribution in [1.29, 1.82) is 0 Å². The Morgan fingerprint density at radius 3 is 2.65 bits per heavy atom. The van der Waals surface area contributed by atoms with Crippen LogP contribution in [0.2, 0.25) is 0 Å². The summed E-state index contributed by atoms with van der Waals surface area (Å²) in [6, 6.07) is 6.48. The van der Waals surface area contributed by atoms with Crippen molar-refractivity contribution in [3.63, 3.8) is 0 Å². The first-order valence-electron chi connectivity index (χ1n) is 7.09. The number of carboxylic acids is 1. The first-order chi connectivity index (χ1) is 12.3. The third-order valence-corrected chi connectivity index (χ3v) is 4.33. The average Bonchev–Trinajstić information content (AvgIpc) is 3.03. The maximum atomic E-state index is 12.0. The van der Waals surface area contributed by atoms with Crippen molar-refractivity contribution in [2.75, 3.05) is 18.2 Å². The smallest absolute Gasteiger partial charge is 0.371 e. The molecular formula is C15H14N2O8S. The number of carbonyl (C=O) groups is 2. The van der Waals surface area contributed by atoms with Gasteiger partial charge in [0.25, 0.3) is 5.69 Å². The molecule has 11 heteroatoms. The molecule has 1 unspecified atom stereocenters. The number of rotatable bonds is 8. The molecule has 26 heavy (non-hydrogen) atoms. The molecule has 2 N–H and O–H groups in total. The van der Waals surface area contributed by atoms with Crippen LogP contribution < -0.4 is 10.1 Å². The Morgan fingerprint density at radius 1 is 1.35 bits per heavy atom. The minimum atomic E-state index is -1.69. The van der Waals surface area contributed by atoms with Gasteiger partial charge in [-0.3, -0.25) is 19.1 Å². The van der Waals surface area contributed by atoms with Crippen molar-refractivity contribution >= 4 is 34.1 Å². The molecule has 2 aromatic rings. The topological polar surface area (TPSA) is 149 Å². The fourth-order valence-electron chi connectivity index (χ4n) is 2.01. The fourth-order valence-corrected chi connectivity index (χ4v) is 2.95. The minimum absolute atomic E-state index is 0.0519. The molecule has 2 rings (SSSR count). The molecule has 1 aromatic heterocycles. The van der Waals surface area contributed by atoms with E-state index in [-0.39, 0.29) is 34.4 Å². The van der Waals surface area contributed by atoms with Crippen molar-refractivity contribution < 1.29 is 33.0 Å². The van der Waals surface area contributed by atoms with E-state index in [1.807, 2.05) is 0 Å². The number of nitro groups is 1. The van der Waals surface area contributed by atoms with Crippen LogP contribution in [-0.2, 0) is 21.3 Å². The van der Waals surface area contributed by atoms with E-state index in [1.165, 1.54) is 31.4 Å². The Labute approximate surface area is 149 Å². The zero-order valence-electron chi connectivity index (χ0n) is 13.5. The highest BCUT2D eigenvalue weighted by Gasteiger charge is 2.19. The first-order valence-corrected chi connectivity index (χ1v) is 8.58. The van der Waals surface area contributed by atoms with Gasteiger partial charge in [-0.25, -0.2) is 4.79 Å². The monoisotopic (exact) mass is 382 g/mol. The van der Waals surface area contributed by atoms with E-state index < -0.39 is 33.4 Å². The molecule has 0 saturated carbocycles. The quantitative estimate of drug-likeness (QED) is 0.518. The second-order valence-corrected chi connectivity index (χ2v) is 6.44. The summed E-state index contributed by atoms with van der Waals surface area (Å²) in [5.41, 5.74) is -0.412. The van der Waals surface area contributed by atoms with E-state index in [1.54, 1.807) is 0 Å². The summed E-state index contributed by atoms with van der Waals surface area (Å²) in [7, 11) is -0.339. The molecule has 1 atom stereocenters. The van der Waals surface area contributed by atoms with Crippen LogP contribution in [0.15, 0.2) is 34.7 Å². The highest BCUT2D eigenvalue weighted by Crippen LogP contribution is 2.28. The van der Waals surface area contributed by atoms with Gasteiger partial charge in [-0.05, 0) is 24.3 Å². The summed E-state index contributed by atoms with van der Waals surface area (Å²) in [6.45, 7) is 0. The van der Waals surface area contributed by atoms with Crippen LogP contribution in [0, 0.1) is 10.1 Å². The summed E-state index contributed by atoms with van der Waals surface area (Å²) in [5, 5.41) is 22.2. The van der Waals surface area contributed by atoms with Crippen LogP contribution in [0.25, 0.3) is 0 Å². The Bertz CT molecular complexity index is 876. The van der Waals surface area contributed by atoms with E-state index in [0.717, 1.165) is 6.07 Å². The highest BCUT2D eigenvalue weighted by molar-refractivity contribution is 7.84. The number of methoxy groups -OCH3 is 1. The predicted octanol–water partition coefficient (Wildman–Crippen LogP) is 1.78. The van der Waals surface area contributed by atoms with E-state index in [0.29, 0.717) is 0 Å². The van der Waals surface area contributed by atoms with E-state index >= 15 is 0 Å². The van der Waals surface area contributed by atoms with Gasteiger partial charge in [-0.1, -0.05) is 0 Å². The Kier molecular flexibility index (Phi) is 6.07. The lowest BCUT2D eigenvalue weighted by atomic mass is 10.2. The molecule has 1 heterocycles. The lowest BCUT2D eigenvalue weighted by molar-refractivity contribution is -0.384. The van der Waals surface area contributed by atoms with Gasteiger partial charge in [-0.15, -0.1) is 0 Å². The number of ether oxygens (including phenoxy) is 1. The predicted molar refractivity (Wildman–Crippen MR) is 90.7 cm³/mol. The molecule has 0 fully saturated rings. The number of carbonyl (C=O) groups excluding carboxylic acids is 1. The van der Waals surface area contributed by atoms with Crippen LogP contribution in [0.4, 0.5) is 11.4 Å². The number of hydrogen-bond acceptors (Lipinski definition) is 7. The Balaban J connectivity index is 2.00. The SMILES string of the molecule is COc1ccc(NC(=O)CS(=O)Cc2ccc(C(=O)O)o2)c([N+](=O)[O-])c1. The number of hydrogen-bond donors (Lipinski definition) is 2. The molecule has 1 amide bonds. The number of nitrogens with zero attached hydrogens (tertiary/aromatic N) is 1. The number of anilines is 1. The van der Waals surface area contributed by atoms with Gasteiger partial charge in [0.15, 0.2) is 0 Å². The third-order valence-electron chi connectivity index (χ3n) is 3.14. The maximum Gasteiger partial charge on any atom is 0.371 e. The van der Waals surface area contributed by atoms with Gasteiger partial charge in [-0.2, -0.15) is 0 Å². The van der Waals surface area contributed by atoms with Crippen LogP contribution in [0.5, 0.6) is 5.75 Å². The average molecular weight is 382 g/mol. The molecule has 1 aromatic carbocycles. The van der Waals surface area contributed by atoms with Crippen LogP contribution in [0.1, 0.15) is 16.3 Å². The lowest BCUT2D eigenvalue weighted by Crippen LogP contribution is -2.20. The molecule has 0 aliphatic carbocycles. The van der Waals surface area contributed by atoms with Gasteiger partial charge < -0.3 is 19.6 Å². The number of benzene rings is 1. The molecule has 0 aliphatic heterocycles. The van der Waals surface area contributed by atoms with E-state index in [9.17, 15) is 23.9 Å². The molecule has 0 saturated heterocycles. The summed E-state index contributed by atoms with van der Waals surface area (Å²) in [5.74, 6) is -2.43. The third kappa shape index (κ3) is 4.89. The normalized spacial score (nSPS) is 11.6. The van der Waals surface area contributed by atoms with Gasteiger partial charge >= 0.3 is 5.97 Å². The Hall–Kier alpha value is -3.21. The molecular weight excluding hydrogens is 368 g/mol. The second kappa shape index (κ2) is 8.25. The van der Waals surface area contributed by atoms with Crippen LogP contribution in [-0.4, -0.2) is 39.0 Å². The lowest BCUT2D eigenvalue weighted by Gasteiger charge is -2.07. The molecule has 0 bridgehead atoms. The molecule has 10 nitrogen and oxygen atoms in total. The number of nitro benzene ring substituents is 1. The summed E-state index contributed by atoms with van der Waals surface area (Å²) >= 11 is 0. The number of nitrogens with one attached hydrogen (secondary N) is 1.